The zero-order chi connectivity index (χ0) is 14.7. The minimum absolute atomic E-state index is 0.181. The molecule has 3 nitrogen and oxygen atoms in total. The Morgan fingerprint density at radius 1 is 1.10 bits per heavy atom. The zero-order valence-electron chi connectivity index (χ0n) is 12.0. The number of nitrogens with zero attached hydrogens (tertiary/aromatic N) is 1. The third-order valence-corrected chi connectivity index (χ3v) is 3.66. The van der Waals surface area contributed by atoms with Gasteiger partial charge in [0.2, 0.25) is 0 Å². The van der Waals surface area contributed by atoms with E-state index < -0.39 is 0 Å². The van der Waals surface area contributed by atoms with E-state index in [1.165, 1.54) is 18.2 Å². The summed E-state index contributed by atoms with van der Waals surface area (Å²) >= 11 is 0. The van der Waals surface area contributed by atoms with Gasteiger partial charge in [-0.05, 0) is 30.2 Å². The number of ether oxygens (including phenoxy) is 1. The van der Waals surface area contributed by atoms with Gasteiger partial charge in [0.25, 0.3) is 0 Å². The number of carbonyl (C=O) groups excluding carboxylic acids is 1. The van der Waals surface area contributed by atoms with E-state index in [4.69, 9.17) is 4.74 Å². The Balaban J connectivity index is 2.08. The molecular formula is C18H17NO2. The molecule has 0 aliphatic carbocycles. The Morgan fingerprint density at radius 2 is 1.86 bits per heavy atom. The van der Waals surface area contributed by atoms with Crippen molar-refractivity contribution in [2.75, 3.05) is 7.11 Å². The van der Waals surface area contributed by atoms with Crippen molar-refractivity contribution >= 4 is 11.5 Å². The number of carbonyl (C=O) groups is 1. The molecule has 21 heavy (non-hydrogen) atoms. The van der Waals surface area contributed by atoms with Crippen LogP contribution in [0.15, 0.2) is 60.8 Å². The number of fused-ring (bicyclic) bond motifs is 1. The van der Waals surface area contributed by atoms with Crippen LogP contribution in [-0.2, 0) is 16.0 Å². The van der Waals surface area contributed by atoms with E-state index in [9.17, 15) is 4.79 Å². The lowest BCUT2D eigenvalue weighted by Gasteiger charge is -2.06. The van der Waals surface area contributed by atoms with Crippen molar-refractivity contribution in [3.63, 3.8) is 0 Å². The first-order chi connectivity index (χ1) is 10.3. The first-order valence-corrected chi connectivity index (χ1v) is 7.01. The molecule has 0 unspecified atom stereocenters. The van der Waals surface area contributed by atoms with Crippen LogP contribution in [0.4, 0.5) is 0 Å². The van der Waals surface area contributed by atoms with Crippen LogP contribution in [0.25, 0.3) is 16.6 Å². The molecule has 3 heteroatoms. The SMILES string of the molecule is COC(=O)CCc1c(-c2ccccc2)cc2ccccn12. The van der Waals surface area contributed by atoms with Gasteiger partial charge in [-0.3, -0.25) is 4.79 Å². The number of methoxy groups -OCH3 is 1. The minimum atomic E-state index is -0.181. The van der Waals surface area contributed by atoms with Crippen molar-refractivity contribution < 1.29 is 9.53 Å². The Bertz CT molecular complexity index is 759. The van der Waals surface area contributed by atoms with E-state index in [2.05, 4.69) is 28.7 Å². The molecule has 0 saturated heterocycles. The van der Waals surface area contributed by atoms with E-state index in [-0.39, 0.29) is 5.97 Å². The average molecular weight is 279 g/mol. The summed E-state index contributed by atoms with van der Waals surface area (Å²) in [6, 6.07) is 18.5. The molecule has 1 aromatic carbocycles. The fourth-order valence-corrected chi connectivity index (χ4v) is 2.63. The van der Waals surface area contributed by atoms with Crippen LogP contribution in [0.2, 0.25) is 0 Å². The van der Waals surface area contributed by atoms with Crippen LogP contribution in [0.3, 0.4) is 0 Å². The van der Waals surface area contributed by atoms with Gasteiger partial charge in [-0.1, -0.05) is 36.4 Å². The molecule has 0 atom stereocenters. The number of pyridine rings is 1. The van der Waals surface area contributed by atoms with Gasteiger partial charge in [0, 0.05) is 23.0 Å². The summed E-state index contributed by atoms with van der Waals surface area (Å²) in [5.74, 6) is -0.181. The Kier molecular flexibility index (Phi) is 3.73. The monoisotopic (exact) mass is 279 g/mol. The van der Waals surface area contributed by atoms with Gasteiger partial charge in [0.05, 0.1) is 13.5 Å². The lowest BCUT2D eigenvalue weighted by Crippen LogP contribution is -2.04. The lowest BCUT2D eigenvalue weighted by atomic mass is 10.0. The molecule has 0 amide bonds. The van der Waals surface area contributed by atoms with Crippen LogP contribution in [0.5, 0.6) is 0 Å². The molecule has 2 aromatic heterocycles. The fraction of sp³-hybridized carbons (Fsp3) is 0.167. The highest BCUT2D eigenvalue weighted by atomic mass is 16.5. The van der Waals surface area contributed by atoms with Gasteiger partial charge < -0.3 is 9.14 Å². The second kappa shape index (κ2) is 5.83. The van der Waals surface area contributed by atoms with Crippen LogP contribution in [0.1, 0.15) is 12.1 Å². The maximum atomic E-state index is 11.5. The van der Waals surface area contributed by atoms with Crippen molar-refractivity contribution in [1.82, 2.24) is 4.40 Å². The van der Waals surface area contributed by atoms with E-state index in [0.717, 1.165) is 11.2 Å². The van der Waals surface area contributed by atoms with Gasteiger partial charge in [-0.2, -0.15) is 0 Å². The maximum Gasteiger partial charge on any atom is 0.305 e. The summed E-state index contributed by atoms with van der Waals surface area (Å²) < 4.78 is 6.90. The largest absolute Gasteiger partial charge is 0.469 e. The molecule has 2 heterocycles. The summed E-state index contributed by atoms with van der Waals surface area (Å²) in [5.41, 5.74) is 4.62. The fourth-order valence-electron chi connectivity index (χ4n) is 2.63. The number of hydrogen-bond donors (Lipinski definition) is 0. The standard InChI is InChI=1S/C18H17NO2/c1-21-18(20)11-10-17-16(14-7-3-2-4-8-14)13-15-9-5-6-12-19(15)17/h2-9,12-13H,10-11H2,1H3. The predicted molar refractivity (Wildman–Crippen MR) is 83.2 cm³/mol. The summed E-state index contributed by atoms with van der Waals surface area (Å²) in [6.07, 6.45) is 3.08. The molecule has 0 spiro atoms. The molecular weight excluding hydrogens is 262 g/mol. The topological polar surface area (TPSA) is 30.7 Å². The Hall–Kier alpha value is -2.55. The number of hydrogen-bond acceptors (Lipinski definition) is 2. The highest BCUT2D eigenvalue weighted by Crippen LogP contribution is 2.28. The number of benzene rings is 1. The Labute approximate surface area is 123 Å². The molecule has 106 valence electrons. The molecule has 3 rings (SSSR count). The second-order valence-corrected chi connectivity index (χ2v) is 4.94. The minimum Gasteiger partial charge on any atom is -0.469 e. The second-order valence-electron chi connectivity index (χ2n) is 4.94. The molecule has 3 aromatic rings. The molecule has 0 aliphatic heterocycles. The third kappa shape index (κ3) is 2.68. The highest BCUT2D eigenvalue weighted by Gasteiger charge is 2.13. The van der Waals surface area contributed by atoms with E-state index in [0.29, 0.717) is 12.8 Å². The lowest BCUT2D eigenvalue weighted by molar-refractivity contribution is -0.140. The highest BCUT2D eigenvalue weighted by molar-refractivity contribution is 5.75. The van der Waals surface area contributed by atoms with Gasteiger partial charge in [0.15, 0.2) is 0 Å². The number of rotatable bonds is 4. The molecule has 0 bridgehead atoms. The summed E-state index contributed by atoms with van der Waals surface area (Å²) in [4.78, 5) is 11.5. The van der Waals surface area contributed by atoms with Crippen LogP contribution in [0, 0.1) is 0 Å². The summed E-state index contributed by atoms with van der Waals surface area (Å²) in [6.45, 7) is 0. The number of esters is 1. The first-order valence-electron chi connectivity index (χ1n) is 7.01. The van der Waals surface area contributed by atoms with Gasteiger partial charge in [0.1, 0.15) is 0 Å². The number of aryl methyl sites for hydroxylation is 1. The van der Waals surface area contributed by atoms with E-state index in [1.807, 2.05) is 36.5 Å². The molecule has 0 saturated carbocycles. The van der Waals surface area contributed by atoms with E-state index in [1.54, 1.807) is 0 Å². The Morgan fingerprint density at radius 3 is 2.62 bits per heavy atom. The zero-order valence-corrected chi connectivity index (χ0v) is 12.0. The molecule has 0 fully saturated rings. The van der Waals surface area contributed by atoms with E-state index >= 15 is 0 Å². The normalized spacial score (nSPS) is 10.7. The van der Waals surface area contributed by atoms with Gasteiger partial charge in [-0.25, -0.2) is 0 Å². The van der Waals surface area contributed by atoms with Crippen LogP contribution < -0.4 is 0 Å². The van der Waals surface area contributed by atoms with Crippen molar-refractivity contribution in [1.29, 1.82) is 0 Å². The molecule has 0 aliphatic rings. The quantitative estimate of drug-likeness (QED) is 0.682. The van der Waals surface area contributed by atoms with Crippen molar-refractivity contribution in [3.05, 3.63) is 66.5 Å². The smallest absolute Gasteiger partial charge is 0.305 e. The van der Waals surface area contributed by atoms with Crippen LogP contribution >= 0.6 is 0 Å². The summed E-state index contributed by atoms with van der Waals surface area (Å²) in [5, 5.41) is 0. The van der Waals surface area contributed by atoms with Crippen molar-refractivity contribution in [2.24, 2.45) is 0 Å². The van der Waals surface area contributed by atoms with Gasteiger partial charge >= 0.3 is 5.97 Å². The van der Waals surface area contributed by atoms with Gasteiger partial charge in [-0.15, -0.1) is 0 Å². The summed E-state index contributed by atoms with van der Waals surface area (Å²) in [7, 11) is 1.43. The molecule has 0 N–H and O–H groups in total. The molecule has 0 radical (unpaired) electrons. The van der Waals surface area contributed by atoms with Crippen LogP contribution in [-0.4, -0.2) is 17.5 Å². The number of aromatic nitrogens is 1. The maximum absolute atomic E-state index is 11.5. The predicted octanol–water partition coefficient (Wildman–Crippen LogP) is 3.71. The van der Waals surface area contributed by atoms with Crippen molar-refractivity contribution in [2.45, 2.75) is 12.8 Å². The third-order valence-electron chi connectivity index (χ3n) is 3.66. The first kappa shape index (κ1) is 13.4. The average Bonchev–Trinajstić information content (AvgIpc) is 2.92. The van der Waals surface area contributed by atoms with Crippen molar-refractivity contribution in [3.8, 4) is 11.1 Å².